The number of carbonyl (C=O) groups excluding carboxylic acids is 2. The van der Waals surface area contributed by atoms with Crippen LogP contribution >= 0.6 is 11.8 Å². The largest absolute Gasteiger partial charge is 0.439 e. The Balaban J connectivity index is 2.45. The Morgan fingerprint density at radius 3 is 2.43 bits per heavy atom. The molecular formula is C18H25NO3S. The lowest BCUT2D eigenvalue weighted by atomic mass is 9.89. The minimum absolute atomic E-state index is 0.153. The van der Waals surface area contributed by atoms with E-state index in [2.05, 4.69) is 0 Å². The second-order valence-electron chi connectivity index (χ2n) is 7.18. The lowest BCUT2D eigenvalue weighted by molar-refractivity contribution is -0.148. The van der Waals surface area contributed by atoms with Gasteiger partial charge in [-0.25, -0.2) is 4.79 Å². The van der Waals surface area contributed by atoms with Crippen molar-refractivity contribution < 1.29 is 14.3 Å². The van der Waals surface area contributed by atoms with E-state index in [1.807, 2.05) is 52.1 Å². The molecule has 0 aliphatic carbocycles. The van der Waals surface area contributed by atoms with Crippen LogP contribution in [0.2, 0.25) is 0 Å². The number of cyclic esters (lactones) is 1. The third-order valence-electron chi connectivity index (χ3n) is 4.20. The molecule has 1 amide bonds. The highest BCUT2D eigenvalue weighted by Gasteiger charge is 2.57. The Kier molecular flexibility index (Phi) is 5.09. The number of hydrogen-bond acceptors (Lipinski definition) is 4. The number of nitrogens with zero attached hydrogens (tertiary/aromatic N) is 1. The van der Waals surface area contributed by atoms with Crippen LogP contribution < -0.4 is 0 Å². The summed E-state index contributed by atoms with van der Waals surface area (Å²) in [6.07, 6.45) is 2.02. The van der Waals surface area contributed by atoms with Crippen LogP contribution in [0.25, 0.3) is 0 Å². The molecule has 1 aromatic carbocycles. The summed E-state index contributed by atoms with van der Waals surface area (Å²) in [5, 5.41) is 0. The van der Waals surface area contributed by atoms with Crippen LogP contribution in [0.15, 0.2) is 30.3 Å². The number of rotatable bonds is 4. The first kappa shape index (κ1) is 17.9. The van der Waals surface area contributed by atoms with Gasteiger partial charge in [-0.1, -0.05) is 39.0 Å². The second-order valence-corrected chi connectivity index (χ2v) is 8.17. The molecule has 1 aromatic rings. The zero-order valence-electron chi connectivity index (χ0n) is 14.5. The van der Waals surface area contributed by atoms with Crippen molar-refractivity contribution in [3.8, 4) is 0 Å². The predicted molar refractivity (Wildman–Crippen MR) is 93.4 cm³/mol. The molecule has 1 aliphatic heterocycles. The van der Waals surface area contributed by atoms with Crippen LogP contribution in [-0.4, -0.2) is 40.6 Å². The van der Waals surface area contributed by atoms with Gasteiger partial charge in [-0.15, -0.1) is 0 Å². The summed E-state index contributed by atoms with van der Waals surface area (Å²) < 4.78 is 5.65. The summed E-state index contributed by atoms with van der Waals surface area (Å²) in [5.74, 6) is 0.330. The molecule has 1 aliphatic rings. The molecule has 1 saturated heterocycles. The number of carbonyl (C=O) groups is 2. The number of hydrogen-bond donors (Lipinski definition) is 0. The fraction of sp³-hybridized carbons (Fsp3) is 0.556. The molecule has 0 aromatic heterocycles. The van der Waals surface area contributed by atoms with Crippen LogP contribution in [0, 0.1) is 5.41 Å². The zero-order chi connectivity index (χ0) is 17.3. The van der Waals surface area contributed by atoms with Crippen LogP contribution in [0.3, 0.4) is 0 Å². The van der Waals surface area contributed by atoms with E-state index < -0.39 is 11.8 Å². The molecule has 1 heterocycles. The van der Waals surface area contributed by atoms with E-state index in [0.717, 1.165) is 5.75 Å². The van der Waals surface area contributed by atoms with Crippen molar-refractivity contribution in [1.29, 1.82) is 0 Å². The highest BCUT2D eigenvalue weighted by molar-refractivity contribution is 7.98. The van der Waals surface area contributed by atoms with Gasteiger partial charge < -0.3 is 4.74 Å². The average Bonchev–Trinajstić information content (AvgIpc) is 2.78. The first-order valence-corrected chi connectivity index (χ1v) is 9.20. The fourth-order valence-corrected chi connectivity index (χ4v) is 3.38. The predicted octanol–water partition coefficient (Wildman–Crippen LogP) is 3.57. The third-order valence-corrected chi connectivity index (χ3v) is 4.81. The van der Waals surface area contributed by atoms with Gasteiger partial charge in [-0.3, -0.25) is 9.69 Å². The van der Waals surface area contributed by atoms with Crippen molar-refractivity contribution in [2.45, 2.75) is 45.9 Å². The van der Waals surface area contributed by atoms with E-state index >= 15 is 0 Å². The van der Waals surface area contributed by atoms with Gasteiger partial charge in [0.2, 0.25) is 0 Å². The van der Waals surface area contributed by atoms with Gasteiger partial charge >= 0.3 is 5.97 Å². The monoisotopic (exact) mass is 335 g/mol. The van der Waals surface area contributed by atoms with E-state index in [1.165, 1.54) is 0 Å². The Hall–Kier alpha value is -1.49. The smallest absolute Gasteiger partial charge is 0.333 e. The number of benzene rings is 1. The van der Waals surface area contributed by atoms with E-state index in [0.29, 0.717) is 12.0 Å². The zero-order valence-corrected chi connectivity index (χ0v) is 15.3. The summed E-state index contributed by atoms with van der Waals surface area (Å²) in [4.78, 5) is 27.3. The molecule has 0 saturated carbocycles. The van der Waals surface area contributed by atoms with Gasteiger partial charge in [0.05, 0.1) is 0 Å². The Bertz CT molecular complexity index is 582. The molecule has 23 heavy (non-hydrogen) atoms. The summed E-state index contributed by atoms with van der Waals surface area (Å²) in [5.41, 5.74) is -0.694. The number of esters is 1. The van der Waals surface area contributed by atoms with Gasteiger partial charge in [-0.05, 0) is 37.5 Å². The first-order chi connectivity index (χ1) is 10.7. The minimum Gasteiger partial charge on any atom is -0.439 e. The fourth-order valence-electron chi connectivity index (χ4n) is 2.78. The van der Waals surface area contributed by atoms with E-state index in [-0.39, 0.29) is 17.3 Å². The van der Waals surface area contributed by atoms with Crippen molar-refractivity contribution in [3.63, 3.8) is 0 Å². The van der Waals surface area contributed by atoms with Crippen molar-refractivity contribution in [2.24, 2.45) is 5.41 Å². The van der Waals surface area contributed by atoms with Gasteiger partial charge in [0.25, 0.3) is 5.91 Å². The lowest BCUT2D eigenvalue weighted by Crippen LogP contribution is -2.54. The van der Waals surface area contributed by atoms with Crippen molar-refractivity contribution >= 4 is 23.6 Å². The molecule has 0 radical (unpaired) electrons. The van der Waals surface area contributed by atoms with Crippen molar-refractivity contribution in [2.75, 3.05) is 12.0 Å². The molecule has 2 unspecified atom stereocenters. The van der Waals surface area contributed by atoms with E-state index in [1.54, 1.807) is 28.8 Å². The molecule has 0 bridgehead atoms. The molecule has 5 heteroatoms. The summed E-state index contributed by atoms with van der Waals surface area (Å²) >= 11 is 1.66. The molecular weight excluding hydrogens is 310 g/mol. The standard InChI is InChI=1S/C18H25NO3S/c1-17(2,3)15-19(14(20)13-9-7-6-8-10-13)18(4,11-12-23-5)16(21)22-15/h6-10,15H,11-12H2,1-5H3. The van der Waals surface area contributed by atoms with E-state index in [9.17, 15) is 9.59 Å². The third kappa shape index (κ3) is 3.39. The highest BCUT2D eigenvalue weighted by Crippen LogP contribution is 2.40. The van der Waals surface area contributed by atoms with Gasteiger partial charge in [0, 0.05) is 11.0 Å². The first-order valence-electron chi connectivity index (χ1n) is 7.80. The summed E-state index contributed by atoms with van der Waals surface area (Å²) in [6, 6.07) is 9.09. The molecule has 126 valence electrons. The Morgan fingerprint density at radius 1 is 1.30 bits per heavy atom. The number of thioether (sulfide) groups is 1. The van der Waals surface area contributed by atoms with Crippen LogP contribution in [-0.2, 0) is 9.53 Å². The Labute approximate surface area is 142 Å². The van der Waals surface area contributed by atoms with Crippen molar-refractivity contribution in [3.05, 3.63) is 35.9 Å². The highest BCUT2D eigenvalue weighted by atomic mass is 32.2. The summed E-state index contributed by atoms with van der Waals surface area (Å²) in [6.45, 7) is 7.77. The van der Waals surface area contributed by atoms with Crippen LogP contribution in [0.4, 0.5) is 0 Å². The molecule has 1 fully saturated rings. The number of ether oxygens (including phenoxy) is 1. The molecule has 2 rings (SSSR count). The molecule has 2 atom stereocenters. The molecule has 0 spiro atoms. The molecule has 4 nitrogen and oxygen atoms in total. The van der Waals surface area contributed by atoms with E-state index in [4.69, 9.17) is 4.74 Å². The van der Waals surface area contributed by atoms with Gasteiger partial charge in [0.15, 0.2) is 6.23 Å². The average molecular weight is 335 g/mol. The van der Waals surface area contributed by atoms with Crippen LogP contribution in [0.1, 0.15) is 44.5 Å². The van der Waals surface area contributed by atoms with Crippen molar-refractivity contribution in [1.82, 2.24) is 4.90 Å². The second kappa shape index (κ2) is 6.56. The molecule has 0 N–H and O–H groups in total. The topological polar surface area (TPSA) is 46.6 Å². The minimum atomic E-state index is -0.923. The summed E-state index contributed by atoms with van der Waals surface area (Å²) in [7, 11) is 0. The maximum absolute atomic E-state index is 13.1. The quantitative estimate of drug-likeness (QED) is 0.789. The van der Waals surface area contributed by atoms with Gasteiger partial charge in [0.1, 0.15) is 5.54 Å². The normalized spacial score (nSPS) is 24.7. The maximum Gasteiger partial charge on any atom is 0.333 e. The lowest BCUT2D eigenvalue weighted by Gasteiger charge is -2.38. The Morgan fingerprint density at radius 2 is 1.91 bits per heavy atom. The number of amides is 1. The van der Waals surface area contributed by atoms with Crippen LogP contribution in [0.5, 0.6) is 0 Å². The maximum atomic E-state index is 13.1. The SMILES string of the molecule is CSCCC1(C)C(=O)OC(C(C)(C)C)N1C(=O)c1ccccc1. The van der Waals surface area contributed by atoms with Gasteiger partial charge in [-0.2, -0.15) is 11.8 Å².